The van der Waals surface area contributed by atoms with Crippen LogP contribution in [0.25, 0.3) is 0 Å². The van der Waals surface area contributed by atoms with Gasteiger partial charge in [-0.15, -0.1) is 0 Å². The molecule has 0 aromatic heterocycles. The maximum absolute atomic E-state index is 13.9. The molecule has 186 valence electrons. The van der Waals surface area contributed by atoms with Crippen molar-refractivity contribution in [3.05, 3.63) is 106 Å². The molecule has 0 bridgehead atoms. The Balaban J connectivity index is 1.84. The van der Waals surface area contributed by atoms with Crippen LogP contribution in [0.3, 0.4) is 0 Å². The number of piperidine rings is 1. The largest absolute Gasteiger partial charge is 0.348 e. The molecule has 3 aromatic rings. The molecule has 1 fully saturated rings. The van der Waals surface area contributed by atoms with Gasteiger partial charge in [0.2, 0.25) is 5.91 Å². The molecule has 1 aliphatic rings. The van der Waals surface area contributed by atoms with Crippen molar-refractivity contribution in [2.45, 2.75) is 5.92 Å². The lowest BCUT2D eigenvalue weighted by atomic mass is 9.68. The molecule has 1 saturated heterocycles. The third kappa shape index (κ3) is 5.70. The van der Waals surface area contributed by atoms with Crippen LogP contribution in [0.2, 0.25) is 10.0 Å². The van der Waals surface area contributed by atoms with E-state index >= 15 is 0 Å². The highest BCUT2D eigenvalue weighted by Gasteiger charge is 2.45. The van der Waals surface area contributed by atoms with Crippen LogP contribution in [0.15, 0.2) is 78.9 Å². The molecular formula is C29H28Cl2N2O3. The Bertz CT molecular complexity index is 1190. The molecule has 0 aliphatic carbocycles. The third-order valence-electron chi connectivity index (χ3n) is 6.75. The van der Waals surface area contributed by atoms with Gasteiger partial charge in [-0.05, 0) is 17.7 Å². The van der Waals surface area contributed by atoms with Crippen molar-refractivity contribution < 1.29 is 14.4 Å². The minimum absolute atomic E-state index is 0.0838. The number of carbonyl (C=O) groups excluding carboxylic acids is 3. The molecule has 0 radical (unpaired) electrons. The first-order valence-corrected chi connectivity index (χ1v) is 12.6. The number of Topliss-reactive ketones (excluding diaryl/α,β-unsaturated/α-hetero) is 2. The van der Waals surface area contributed by atoms with E-state index in [4.69, 9.17) is 23.2 Å². The molecule has 0 N–H and O–H groups in total. The summed E-state index contributed by atoms with van der Waals surface area (Å²) in [6, 6.07) is 23.3. The van der Waals surface area contributed by atoms with Gasteiger partial charge >= 0.3 is 0 Å². The van der Waals surface area contributed by atoms with Crippen molar-refractivity contribution in [2.75, 3.05) is 33.7 Å². The predicted octanol–water partition coefficient (Wildman–Crippen LogP) is 5.48. The molecule has 1 heterocycles. The number of amides is 1. The average Bonchev–Trinajstić information content (AvgIpc) is 2.88. The second-order valence-electron chi connectivity index (χ2n) is 9.35. The standard InChI is InChI=1S/C29H28Cl2N2O3/c1-32(2)26(34)18-33-16-23(28(35)19-9-5-3-6-10-19)27(22-14-13-21(30)15-25(22)31)24(17-33)29(36)20-11-7-4-8-12-20/h3-15,23-24,27H,16-18H2,1-2H3/t23-,24-/m0/s1. The Morgan fingerprint density at radius 2 is 1.31 bits per heavy atom. The molecule has 1 aliphatic heterocycles. The van der Waals surface area contributed by atoms with E-state index in [1.807, 2.05) is 47.4 Å². The second-order valence-corrected chi connectivity index (χ2v) is 10.2. The van der Waals surface area contributed by atoms with E-state index in [2.05, 4.69) is 0 Å². The van der Waals surface area contributed by atoms with Crippen LogP contribution in [0.4, 0.5) is 0 Å². The molecule has 0 saturated carbocycles. The molecule has 1 amide bonds. The van der Waals surface area contributed by atoms with E-state index in [0.29, 0.717) is 39.8 Å². The number of rotatable bonds is 7. The lowest BCUT2D eigenvalue weighted by molar-refractivity contribution is -0.130. The Morgan fingerprint density at radius 3 is 1.75 bits per heavy atom. The maximum Gasteiger partial charge on any atom is 0.236 e. The number of benzene rings is 3. The number of likely N-dealkylation sites (tertiary alicyclic amines) is 1. The topological polar surface area (TPSA) is 57.7 Å². The number of carbonyl (C=O) groups is 3. The monoisotopic (exact) mass is 522 g/mol. The van der Waals surface area contributed by atoms with E-state index in [0.717, 1.165) is 0 Å². The number of halogens is 2. The summed E-state index contributed by atoms with van der Waals surface area (Å²) in [4.78, 5) is 43.9. The Hall–Kier alpha value is -2.99. The van der Waals surface area contributed by atoms with Gasteiger partial charge in [0.1, 0.15) is 0 Å². The van der Waals surface area contributed by atoms with Gasteiger partial charge in [0.05, 0.1) is 6.54 Å². The summed E-state index contributed by atoms with van der Waals surface area (Å²) in [5.41, 5.74) is 1.83. The predicted molar refractivity (Wildman–Crippen MR) is 143 cm³/mol. The summed E-state index contributed by atoms with van der Waals surface area (Å²) in [6.07, 6.45) is 0. The fourth-order valence-corrected chi connectivity index (χ4v) is 5.47. The first kappa shape index (κ1) is 26.1. The molecular weight excluding hydrogens is 495 g/mol. The highest BCUT2D eigenvalue weighted by molar-refractivity contribution is 6.35. The summed E-state index contributed by atoms with van der Waals surface area (Å²) in [5, 5.41) is 0.900. The minimum Gasteiger partial charge on any atom is -0.348 e. The van der Waals surface area contributed by atoms with Crippen molar-refractivity contribution in [1.82, 2.24) is 9.80 Å². The minimum atomic E-state index is -0.590. The molecule has 36 heavy (non-hydrogen) atoms. The molecule has 7 heteroatoms. The van der Waals surface area contributed by atoms with Crippen LogP contribution in [0.1, 0.15) is 32.2 Å². The maximum atomic E-state index is 13.9. The van der Waals surface area contributed by atoms with Crippen LogP contribution in [0.5, 0.6) is 0 Å². The van der Waals surface area contributed by atoms with Gasteiger partial charge in [-0.25, -0.2) is 0 Å². The Morgan fingerprint density at radius 1 is 0.806 bits per heavy atom. The van der Waals surface area contributed by atoms with Crippen molar-refractivity contribution >= 4 is 40.7 Å². The van der Waals surface area contributed by atoms with Gasteiger partial charge in [0.25, 0.3) is 0 Å². The van der Waals surface area contributed by atoms with E-state index < -0.39 is 17.8 Å². The number of hydrogen-bond acceptors (Lipinski definition) is 4. The molecule has 3 aromatic carbocycles. The highest BCUT2D eigenvalue weighted by Crippen LogP contribution is 2.43. The second kappa shape index (κ2) is 11.4. The molecule has 0 unspecified atom stereocenters. The van der Waals surface area contributed by atoms with E-state index in [-0.39, 0.29) is 24.0 Å². The Labute approximate surface area is 221 Å². The lowest BCUT2D eigenvalue weighted by Gasteiger charge is -2.43. The van der Waals surface area contributed by atoms with E-state index in [1.165, 1.54) is 4.90 Å². The van der Waals surface area contributed by atoms with Crippen LogP contribution < -0.4 is 0 Å². The molecule has 0 spiro atoms. The first-order chi connectivity index (χ1) is 17.3. The quantitative estimate of drug-likeness (QED) is 0.385. The van der Waals surface area contributed by atoms with E-state index in [9.17, 15) is 14.4 Å². The number of hydrogen-bond donors (Lipinski definition) is 0. The lowest BCUT2D eigenvalue weighted by Crippen LogP contribution is -2.52. The fraction of sp³-hybridized carbons (Fsp3) is 0.276. The number of likely N-dealkylation sites (N-methyl/N-ethyl adjacent to an activating group) is 1. The zero-order chi connectivity index (χ0) is 25.8. The SMILES string of the molecule is CN(C)C(=O)CN1C[C@H](C(=O)c2ccccc2)C(c2ccc(Cl)cc2Cl)[C@@H](C(=O)c2ccccc2)C1. The van der Waals surface area contributed by atoms with Gasteiger partial charge in [0.15, 0.2) is 11.6 Å². The normalized spacial score (nSPS) is 18.6. The Kier molecular flexibility index (Phi) is 8.24. The zero-order valence-electron chi connectivity index (χ0n) is 20.2. The van der Waals surface area contributed by atoms with Gasteiger partial charge in [0, 0.05) is 66.1 Å². The number of ketones is 2. The van der Waals surface area contributed by atoms with E-state index in [1.54, 1.807) is 50.5 Å². The molecule has 4 rings (SSSR count). The summed E-state index contributed by atoms with van der Waals surface area (Å²) in [7, 11) is 3.39. The van der Waals surface area contributed by atoms with Gasteiger partial charge < -0.3 is 4.90 Å². The van der Waals surface area contributed by atoms with Gasteiger partial charge in [-0.2, -0.15) is 0 Å². The first-order valence-electron chi connectivity index (χ1n) is 11.8. The fourth-order valence-electron chi connectivity index (χ4n) is 4.93. The van der Waals surface area contributed by atoms with Crippen molar-refractivity contribution in [3.8, 4) is 0 Å². The smallest absolute Gasteiger partial charge is 0.236 e. The molecule has 2 atom stereocenters. The summed E-state index contributed by atoms with van der Waals surface area (Å²) < 4.78 is 0. The summed E-state index contributed by atoms with van der Waals surface area (Å²) in [5.74, 6) is -1.92. The molecule has 5 nitrogen and oxygen atoms in total. The van der Waals surface area contributed by atoms with Crippen LogP contribution in [-0.4, -0.2) is 61.0 Å². The van der Waals surface area contributed by atoms with Crippen LogP contribution >= 0.6 is 23.2 Å². The highest BCUT2D eigenvalue weighted by atomic mass is 35.5. The van der Waals surface area contributed by atoms with Gasteiger partial charge in [-0.1, -0.05) is 89.9 Å². The number of nitrogens with zero attached hydrogens (tertiary/aromatic N) is 2. The average molecular weight is 523 g/mol. The summed E-state index contributed by atoms with van der Waals surface area (Å²) in [6.45, 7) is 0.774. The summed E-state index contributed by atoms with van der Waals surface area (Å²) >= 11 is 12.9. The van der Waals surface area contributed by atoms with Crippen molar-refractivity contribution in [3.63, 3.8) is 0 Å². The van der Waals surface area contributed by atoms with Crippen LogP contribution in [-0.2, 0) is 4.79 Å². The van der Waals surface area contributed by atoms with Crippen molar-refractivity contribution in [1.29, 1.82) is 0 Å². The van der Waals surface area contributed by atoms with Crippen molar-refractivity contribution in [2.24, 2.45) is 11.8 Å². The zero-order valence-corrected chi connectivity index (χ0v) is 21.7. The van der Waals surface area contributed by atoms with Gasteiger partial charge in [-0.3, -0.25) is 19.3 Å². The van der Waals surface area contributed by atoms with Crippen LogP contribution in [0, 0.1) is 11.8 Å². The third-order valence-corrected chi connectivity index (χ3v) is 7.31.